The molecule has 112 valence electrons. The second-order valence-corrected chi connectivity index (χ2v) is 5.48. The van der Waals surface area contributed by atoms with Gasteiger partial charge < -0.3 is 4.74 Å². The van der Waals surface area contributed by atoms with Gasteiger partial charge in [0.2, 0.25) is 0 Å². The number of rotatable bonds is 4. The molecule has 2 rings (SSSR count). The van der Waals surface area contributed by atoms with E-state index in [9.17, 15) is 4.79 Å². The summed E-state index contributed by atoms with van der Waals surface area (Å²) < 4.78 is 6.72. The molecule has 1 aromatic heterocycles. The number of aryl methyl sites for hydroxylation is 1. The molecule has 2 aromatic rings. The lowest BCUT2D eigenvalue weighted by Gasteiger charge is -2.12. The van der Waals surface area contributed by atoms with Crippen LogP contribution < -0.4 is 0 Å². The summed E-state index contributed by atoms with van der Waals surface area (Å²) in [5.74, 6) is -0.367. The summed E-state index contributed by atoms with van der Waals surface area (Å²) in [5.41, 5.74) is 2.82. The van der Waals surface area contributed by atoms with E-state index < -0.39 is 5.97 Å². The third-order valence-corrected chi connectivity index (χ3v) is 3.34. The van der Waals surface area contributed by atoms with Gasteiger partial charge in [-0.25, -0.2) is 9.48 Å². The van der Waals surface area contributed by atoms with E-state index in [1.807, 2.05) is 32.9 Å². The molecule has 6 heteroatoms. The molecule has 0 saturated heterocycles. The van der Waals surface area contributed by atoms with E-state index in [4.69, 9.17) is 16.3 Å². The molecule has 0 aliphatic carbocycles. The standard InChI is InChI=1S/C15H18ClN3O2/c1-5-21-15(20)13-14(9(2)3)19(18-17-13)12-7-6-11(16)8-10(12)4/h6-9H,5H2,1-4H3. The fraction of sp³-hybridized carbons (Fsp3) is 0.400. The summed E-state index contributed by atoms with van der Waals surface area (Å²) in [4.78, 5) is 12.0. The summed E-state index contributed by atoms with van der Waals surface area (Å²) in [6, 6.07) is 5.51. The average molecular weight is 308 g/mol. The molecule has 0 fully saturated rings. The van der Waals surface area contributed by atoms with Gasteiger partial charge in [0, 0.05) is 5.02 Å². The molecule has 0 aliphatic heterocycles. The number of halogens is 1. The highest BCUT2D eigenvalue weighted by Gasteiger charge is 2.24. The number of hydrogen-bond donors (Lipinski definition) is 0. The Morgan fingerprint density at radius 1 is 1.43 bits per heavy atom. The monoisotopic (exact) mass is 307 g/mol. The maximum absolute atomic E-state index is 12.0. The second kappa shape index (κ2) is 6.26. The fourth-order valence-corrected chi connectivity index (χ4v) is 2.41. The SMILES string of the molecule is CCOC(=O)c1nnn(-c2ccc(Cl)cc2C)c1C(C)C. The molecule has 5 nitrogen and oxygen atoms in total. The number of carbonyl (C=O) groups excluding carboxylic acids is 1. The highest BCUT2D eigenvalue weighted by atomic mass is 35.5. The van der Waals surface area contributed by atoms with Crippen molar-refractivity contribution < 1.29 is 9.53 Å². The third kappa shape index (κ3) is 3.08. The van der Waals surface area contributed by atoms with Gasteiger partial charge in [-0.2, -0.15) is 0 Å². The normalized spacial score (nSPS) is 11.0. The van der Waals surface area contributed by atoms with Crippen molar-refractivity contribution in [2.24, 2.45) is 0 Å². The lowest BCUT2D eigenvalue weighted by atomic mass is 10.1. The predicted octanol–water partition coefficient (Wildman–Crippen LogP) is 3.53. The molecule has 0 atom stereocenters. The zero-order valence-corrected chi connectivity index (χ0v) is 13.3. The molecule has 21 heavy (non-hydrogen) atoms. The lowest BCUT2D eigenvalue weighted by molar-refractivity contribution is 0.0517. The number of aromatic nitrogens is 3. The third-order valence-electron chi connectivity index (χ3n) is 3.11. The lowest BCUT2D eigenvalue weighted by Crippen LogP contribution is -2.12. The van der Waals surface area contributed by atoms with E-state index in [-0.39, 0.29) is 11.6 Å². The van der Waals surface area contributed by atoms with Crippen molar-refractivity contribution in [3.8, 4) is 5.69 Å². The number of carbonyl (C=O) groups is 1. The molecule has 0 aliphatic rings. The Morgan fingerprint density at radius 2 is 2.14 bits per heavy atom. The van der Waals surface area contributed by atoms with Crippen LogP contribution in [-0.4, -0.2) is 27.6 Å². The predicted molar refractivity (Wildman–Crippen MR) is 81.2 cm³/mol. The Bertz CT molecular complexity index is 665. The highest BCUT2D eigenvalue weighted by molar-refractivity contribution is 6.30. The molecular formula is C15H18ClN3O2. The molecule has 0 amide bonds. The van der Waals surface area contributed by atoms with Gasteiger partial charge in [-0.05, 0) is 43.5 Å². The van der Waals surface area contributed by atoms with Crippen molar-refractivity contribution in [3.05, 3.63) is 40.2 Å². The van der Waals surface area contributed by atoms with Gasteiger partial charge in [0.25, 0.3) is 0 Å². The molecule has 0 saturated carbocycles. The van der Waals surface area contributed by atoms with Crippen LogP contribution in [0.15, 0.2) is 18.2 Å². The van der Waals surface area contributed by atoms with Crippen molar-refractivity contribution in [1.29, 1.82) is 0 Å². The van der Waals surface area contributed by atoms with E-state index in [0.29, 0.717) is 11.6 Å². The Kier molecular flexibility index (Phi) is 4.63. The Hall–Kier alpha value is -1.88. The van der Waals surface area contributed by atoms with Crippen LogP contribution in [0.4, 0.5) is 0 Å². The topological polar surface area (TPSA) is 57.0 Å². The van der Waals surface area contributed by atoms with Gasteiger partial charge in [-0.15, -0.1) is 5.10 Å². The Balaban J connectivity index is 2.57. The summed E-state index contributed by atoms with van der Waals surface area (Å²) >= 11 is 5.98. The zero-order chi connectivity index (χ0) is 15.6. The molecule has 0 unspecified atom stereocenters. The largest absolute Gasteiger partial charge is 0.461 e. The van der Waals surface area contributed by atoms with Gasteiger partial charge in [0.15, 0.2) is 5.69 Å². The number of nitrogens with zero attached hydrogens (tertiary/aromatic N) is 3. The van der Waals surface area contributed by atoms with Crippen molar-refractivity contribution >= 4 is 17.6 Å². The van der Waals surface area contributed by atoms with E-state index >= 15 is 0 Å². The quantitative estimate of drug-likeness (QED) is 0.811. The van der Waals surface area contributed by atoms with E-state index in [1.165, 1.54) is 0 Å². The average Bonchev–Trinajstić information content (AvgIpc) is 2.83. The van der Waals surface area contributed by atoms with Crippen LogP contribution >= 0.6 is 11.6 Å². The van der Waals surface area contributed by atoms with Gasteiger partial charge in [-0.3, -0.25) is 0 Å². The number of benzene rings is 1. The van der Waals surface area contributed by atoms with Gasteiger partial charge in [0.1, 0.15) is 0 Å². The van der Waals surface area contributed by atoms with Crippen LogP contribution in [-0.2, 0) is 4.74 Å². The van der Waals surface area contributed by atoms with Crippen molar-refractivity contribution in [2.45, 2.75) is 33.6 Å². The zero-order valence-electron chi connectivity index (χ0n) is 12.6. The van der Waals surface area contributed by atoms with Crippen LogP contribution in [0.1, 0.15) is 48.4 Å². The van der Waals surface area contributed by atoms with Crippen LogP contribution in [0.5, 0.6) is 0 Å². The number of ether oxygens (including phenoxy) is 1. The summed E-state index contributed by atoms with van der Waals surface area (Å²) in [6.07, 6.45) is 0. The van der Waals surface area contributed by atoms with Crippen LogP contribution in [0, 0.1) is 6.92 Å². The smallest absolute Gasteiger partial charge is 0.360 e. The Labute approximate surface area is 128 Å². The van der Waals surface area contributed by atoms with E-state index in [1.54, 1.807) is 17.7 Å². The van der Waals surface area contributed by atoms with Crippen LogP contribution in [0.25, 0.3) is 5.69 Å². The minimum absolute atomic E-state index is 0.0782. The van der Waals surface area contributed by atoms with Crippen LogP contribution in [0.2, 0.25) is 5.02 Å². The van der Waals surface area contributed by atoms with E-state index in [2.05, 4.69) is 10.3 Å². The van der Waals surface area contributed by atoms with Gasteiger partial charge in [-0.1, -0.05) is 30.7 Å². The van der Waals surface area contributed by atoms with Crippen LogP contribution in [0.3, 0.4) is 0 Å². The van der Waals surface area contributed by atoms with Crippen molar-refractivity contribution in [2.75, 3.05) is 6.61 Å². The molecule has 1 aromatic carbocycles. The van der Waals surface area contributed by atoms with Gasteiger partial charge >= 0.3 is 5.97 Å². The minimum atomic E-state index is -0.445. The second-order valence-electron chi connectivity index (χ2n) is 5.04. The van der Waals surface area contributed by atoms with Crippen molar-refractivity contribution in [1.82, 2.24) is 15.0 Å². The fourth-order valence-electron chi connectivity index (χ4n) is 2.19. The summed E-state index contributed by atoms with van der Waals surface area (Å²) in [5, 5.41) is 8.79. The first-order chi connectivity index (χ1) is 9.95. The molecule has 0 N–H and O–H groups in total. The first-order valence-corrected chi connectivity index (χ1v) is 7.22. The van der Waals surface area contributed by atoms with Gasteiger partial charge in [0.05, 0.1) is 18.0 Å². The maximum Gasteiger partial charge on any atom is 0.360 e. The molecule has 1 heterocycles. The minimum Gasteiger partial charge on any atom is -0.461 e. The van der Waals surface area contributed by atoms with E-state index in [0.717, 1.165) is 16.9 Å². The number of esters is 1. The molecule has 0 spiro atoms. The van der Waals surface area contributed by atoms with Crippen molar-refractivity contribution in [3.63, 3.8) is 0 Å². The Morgan fingerprint density at radius 3 is 2.71 bits per heavy atom. The molecule has 0 bridgehead atoms. The first-order valence-electron chi connectivity index (χ1n) is 6.85. The molecular weight excluding hydrogens is 290 g/mol. The molecule has 0 radical (unpaired) electrons. The number of hydrogen-bond acceptors (Lipinski definition) is 4. The summed E-state index contributed by atoms with van der Waals surface area (Å²) in [6.45, 7) is 7.99. The maximum atomic E-state index is 12.0. The highest BCUT2D eigenvalue weighted by Crippen LogP contribution is 2.25. The first kappa shape index (κ1) is 15.5. The summed E-state index contributed by atoms with van der Waals surface area (Å²) in [7, 11) is 0.